The molecule has 23 heavy (non-hydrogen) atoms. The number of benzene rings is 1. The average molecular weight is 332 g/mol. The van der Waals surface area contributed by atoms with Gasteiger partial charge in [-0.05, 0) is 29.8 Å². The summed E-state index contributed by atoms with van der Waals surface area (Å²) in [7, 11) is -1.84. The maximum atomic E-state index is 12.4. The van der Waals surface area contributed by atoms with Crippen molar-refractivity contribution in [3.05, 3.63) is 48.0 Å². The van der Waals surface area contributed by atoms with E-state index in [1.165, 1.54) is 5.56 Å². The molecule has 0 aliphatic carbocycles. The Labute approximate surface area is 141 Å². The lowest BCUT2D eigenvalue weighted by Gasteiger charge is -2.39. The molecule has 0 fully saturated rings. The summed E-state index contributed by atoms with van der Waals surface area (Å²) in [4.78, 5) is 14.6. The minimum atomic E-state index is -1.84. The van der Waals surface area contributed by atoms with Gasteiger partial charge in [0.2, 0.25) is 0 Å². The van der Waals surface area contributed by atoms with E-state index in [1.807, 2.05) is 24.3 Å². The van der Waals surface area contributed by atoms with Crippen molar-refractivity contribution < 1.29 is 9.22 Å². The molecule has 3 nitrogen and oxygen atoms in total. The Bertz CT molecular complexity index is 560. The van der Waals surface area contributed by atoms with E-state index >= 15 is 0 Å². The summed E-state index contributed by atoms with van der Waals surface area (Å²) in [6, 6.07) is 10.1. The van der Waals surface area contributed by atoms with Gasteiger partial charge in [-0.3, -0.25) is 9.69 Å². The summed E-state index contributed by atoms with van der Waals surface area (Å²) in [5.74, 6) is 0.158. The predicted octanol–water partition coefficient (Wildman–Crippen LogP) is 4.02. The number of hydrogen-bond donors (Lipinski definition) is 0. The van der Waals surface area contributed by atoms with E-state index in [-0.39, 0.29) is 16.9 Å². The first-order valence-electron chi connectivity index (χ1n) is 8.33. The monoisotopic (exact) mass is 331 g/mol. The first-order chi connectivity index (χ1) is 10.7. The van der Waals surface area contributed by atoms with Crippen LogP contribution in [0.25, 0.3) is 0 Å². The standard InChI is InChI=1S/C19H29NO2Si/c1-19(2,3)23(4,5)22-15-17-18(21)12-9-13-20(17)14-16-10-7-6-8-11-16/h6-12,17H,13-15H2,1-5H3/t17-/m1/s1. The number of nitrogens with zero attached hydrogens (tertiary/aromatic N) is 1. The highest BCUT2D eigenvalue weighted by Crippen LogP contribution is 2.36. The van der Waals surface area contributed by atoms with Crippen molar-refractivity contribution in [2.75, 3.05) is 13.2 Å². The molecule has 1 aliphatic rings. The number of rotatable bonds is 5. The van der Waals surface area contributed by atoms with Gasteiger partial charge in [0.1, 0.15) is 0 Å². The summed E-state index contributed by atoms with van der Waals surface area (Å²) in [6.45, 7) is 13.2. The highest BCUT2D eigenvalue weighted by atomic mass is 28.4. The third-order valence-corrected chi connectivity index (χ3v) is 9.53. The van der Waals surface area contributed by atoms with Gasteiger partial charge in [0, 0.05) is 13.1 Å². The van der Waals surface area contributed by atoms with Crippen LogP contribution < -0.4 is 0 Å². The molecule has 1 aliphatic heterocycles. The summed E-state index contributed by atoms with van der Waals surface area (Å²) in [5, 5.41) is 0.158. The summed E-state index contributed by atoms with van der Waals surface area (Å²) in [6.07, 6.45) is 3.66. The van der Waals surface area contributed by atoms with Crippen molar-refractivity contribution in [2.45, 2.75) is 51.5 Å². The van der Waals surface area contributed by atoms with Gasteiger partial charge in [-0.15, -0.1) is 0 Å². The second kappa shape index (κ2) is 7.12. The Balaban J connectivity index is 2.07. The van der Waals surface area contributed by atoms with E-state index in [1.54, 1.807) is 6.08 Å². The van der Waals surface area contributed by atoms with E-state index in [0.29, 0.717) is 6.61 Å². The number of carbonyl (C=O) groups excluding carboxylic acids is 1. The van der Waals surface area contributed by atoms with Crippen molar-refractivity contribution in [1.82, 2.24) is 4.90 Å². The zero-order valence-corrected chi connectivity index (χ0v) is 16.0. The first-order valence-corrected chi connectivity index (χ1v) is 11.2. The van der Waals surface area contributed by atoms with Gasteiger partial charge < -0.3 is 4.43 Å². The van der Waals surface area contributed by atoms with Crippen LogP contribution in [0, 0.1) is 0 Å². The van der Waals surface area contributed by atoms with Crippen molar-refractivity contribution >= 4 is 14.1 Å². The number of carbonyl (C=O) groups is 1. The van der Waals surface area contributed by atoms with Gasteiger partial charge in [0.05, 0.1) is 12.6 Å². The second-order valence-electron chi connectivity index (χ2n) is 7.81. The highest BCUT2D eigenvalue weighted by molar-refractivity contribution is 6.74. The molecule has 2 rings (SSSR count). The molecular weight excluding hydrogens is 302 g/mol. The molecule has 1 aromatic rings. The first kappa shape index (κ1) is 18.1. The Morgan fingerprint density at radius 3 is 2.48 bits per heavy atom. The van der Waals surface area contributed by atoms with Crippen molar-refractivity contribution in [3.8, 4) is 0 Å². The lowest BCUT2D eigenvalue weighted by molar-refractivity contribution is -0.121. The zero-order valence-electron chi connectivity index (χ0n) is 15.0. The maximum Gasteiger partial charge on any atom is 0.192 e. The molecule has 0 aromatic heterocycles. The van der Waals surface area contributed by atoms with Crippen LogP contribution in [0.5, 0.6) is 0 Å². The van der Waals surface area contributed by atoms with E-state index in [4.69, 9.17) is 4.43 Å². The smallest absolute Gasteiger partial charge is 0.192 e. The molecule has 0 bridgehead atoms. The summed E-state index contributed by atoms with van der Waals surface area (Å²) >= 11 is 0. The van der Waals surface area contributed by atoms with Crippen molar-refractivity contribution in [2.24, 2.45) is 0 Å². The highest BCUT2D eigenvalue weighted by Gasteiger charge is 2.39. The van der Waals surface area contributed by atoms with E-state index < -0.39 is 8.32 Å². The zero-order chi connectivity index (χ0) is 17.1. The van der Waals surface area contributed by atoms with Crippen LogP contribution in [-0.4, -0.2) is 38.2 Å². The molecule has 0 saturated heterocycles. The second-order valence-corrected chi connectivity index (χ2v) is 12.6. The summed E-state index contributed by atoms with van der Waals surface area (Å²) in [5.41, 5.74) is 1.23. The Morgan fingerprint density at radius 2 is 1.87 bits per heavy atom. The molecule has 0 spiro atoms. The van der Waals surface area contributed by atoms with Crippen LogP contribution in [0.15, 0.2) is 42.5 Å². The van der Waals surface area contributed by atoms with Crippen LogP contribution in [0.3, 0.4) is 0 Å². The number of ketones is 1. The molecule has 1 atom stereocenters. The van der Waals surface area contributed by atoms with Gasteiger partial charge in [-0.25, -0.2) is 0 Å². The molecule has 1 aromatic carbocycles. The van der Waals surface area contributed by atoms with E-state index in [0.717, 1.165) is 13.1 Å². The Morgan fingerprint density at radius 1 is 1.22 bits per heavy atom. The van der Waals surface area contributed by atoms with Gasteiger partial charge >= 0.3 is 0 Å². The lowest BCUT2D eigenvalue weighted by atomic mass is 10.1. The SMILES string of the molecule is CC(C)(C)[Si](C)(C)OC[C@@H]1C(=O)C=CCN1Cc1ccccc1. The molecular formula is C19H29NO2Si. The minimum Gasteiger partial charge on any atom is -0.415 e. The molecule has 0 amide bonds. The predicted molar refractivity (Wildman–Crippen MR) is 97.9 cm³/mol. The third-order valence-electron chi connectivity index (χ3n) is 5.03. The fourth-order valence-corrected chi connectivity index (χ4v) is 3.41. The van der Waals surface area contributed by atoms with Crippen LogP contribution in [0.2, 0.25) is 18.1 Å². The summed E-state index contributed by atoms with van der Waals surface area (Å²) < 4.78 is 6.31. The normalized spacial score (nSPS) is 20.0. The van der Waals surface area contributed by atoms with Crippen molar-refractivity contribution in [3.63, 3.8) is 0 Å². The molecule has 126 valence electrons. The van der Waals surface area contributed by atoms with Gasteiger partial charge in [0.15, 0.2) is 14.1 Å². The minimum absolute atomic E-state index is 0.158. The van der Waals surface area contributed by atoms with Gasteiger partial charge in [-0.1, -0.05) is 57.2 Å². The quantitative estimate of drug-likeness (QED) is 0.763. The van der Waals surface area contributed by atoms with E-state index in [2.05, 4.69) is 50.9 Å². The molecule has 1 heterocycles. The van der Waals surface area contributed by atoms with Crippen LogP contribution in [-0.2, 0) is 15.8 Å². The third kappa shape index (κ3) is 4.63. The largest absolute Gasteiger partial charge is 0.415 e. The fraction of sp³-hybridized carbons (Fsp3) is 0.526. The molecule has 0 unspecified atom stereocenters. The van der Waals surface area contributed by atoms with Gasteiger partial charge in [0.25, 0.3) is 0 Å². The molecule has 0 saturated carbocycles. The van der Waals surface area contributed by atoms with Crippen molar-refractivity contribution in [1.29, 1.82) is 0 Å². The maximum absolute atomic E-state index is 12.4. The molecule has 4 heteroatoms. The topological polar surface area (TPSA) is 29.5 Å². The van der Waals surface area contributed by atoms with E-state index in [9.17, 15) is 4.79 Å². The Hall–Kier alpha value is -1.23. The van der Waals surface area contributed by atoms with Crippen LogP contribution >= 0.6 is 0 Å². The van der Waals surface area contributed by atoms with Gasteiger partial charge in [-0.2, -0.15) is 0 Å². The van der Waals surface area contributed by atoms with Crippen LogP contribution in [0.1, 0.15) is 26.3 Å². The Kier molecular flexibility index (Phi) is 5.60. The fourth-order valence-electron chi connectivity index (χ4n) is 2.41. The lowest BCUT2D eigenvalue weighted by Crippen LogP contribution is -2.50. The molecule has 0 radical (unpaired) electrons. The van der Waals surface area contributed by atoms with Crippen LogP contribution in [0.4, 0.5) is 0 Å². The number of hydrogen-bond acceptors (Lipinski definition) is 3. The molecule has 0 N–H and O–H groups in total. The average Bonchev–Trinajstić information content (AvgIpc) is 2.46.